The summed E-state index contributed by atoms with van der Waals surface area (Å²) in [5.41, 5.74) is 1.77. The minimum absolute atomic E-state index is 0.0252. The summed E-state index contributed by atoms with van der Waals surface area (Å²) < 4.78 is 38.1. The molecule has 1 fully saturated rings. The first-order chi connectivity index (χ1) is 14.0. The van der Waals surface area contributed by atoms with Crippen LogP contribution in [0.1, 0.15) is 24.8 Å². The molecule has 0 radical (unpaired) electrons. The fraction of sp³-hybridized carbons (Fsp3) is 0.318. The number of sulfone groups is 1. The number of aryl methyl sites for hydroxylation is 1. The maximum Gasteiger partial charge on any atom is 0.236 e. The number of anilines is 1. The van der Waals surface area contributed by atoms with Crippen LogP contribution in [0.25, 0.3) is 11.5 Å². The number of methoxy groups -OCH3 is 1. The standard InChI is InChI=1S/C22H24N2O4S/c1-16-8-4-5-9-19(16)20-23-21(22(28-20)24-14-6-3-7-15-24)29(25,26)18-12-10-17(27-2)11-13-18/h4-5,8-13H,3,6-7,14-15H2,1-2H3. The van der Waals surface area contributed by atoms with E-state index in [4.69, 9.17) is 9.15 Å². The Morgan fingerprint density at radius 3 is 2.34 bits per heavy atom. The molecule has 6 nitrogen and oxygen atoms in total. The minimum atomic E-state index is -3.85. The van der Waals surface area contributed by atoms with Gasteiger partial charge >= 0.3 is 0 Å². The highest BCUT2D eigenvalue weighted by atomic mass is 32.2. The van der Waals surface area contributed by atoms with Gasteiger partial charge in [-0.3, -0.25) is 0 Å². The lowest BCUT2D eigenvalue weighted by Crippen LogP contribution is -2.30. The van der Waals surface area contributed by atoms with E-state index in [1.54, 1.807) is 19.2 Å². The Morgan fingerprint density at radius 2 is 1.69 bits per heavy atom. The van der Waals surface area contributed by atoms with Crippen molar-refractivity contribution >= 4 is 15.7 Å². The predicted octanol–water partition coefficient (Wildman–Crippen LogP) is 4.48. The molecule has 0 unspecified atom stereocenters. The van der Waals surface area contributed by atoms with Gasteiger partial charge in [-0.05, 0) is 62.1 Å². The van der Waals surface area contributed by atoms with Gasteiger partial charge in [0.25, 0.3) is 0 Å². The molecule has 0 spiro atoms. The quantitative estimate of drug-likeness (QED) is 0.615. The number of oxazole rings is 1. The summed E-state index contributed by atoms with van der Waals surface area (Å²) in [6.45, 7) is 3.47. The van der Waals surface area contributed by atoms with Gasteiger partial charge in [-0.2, -0.15) is 4.98 Å². The van der Waals surface area contributed by atoms with Gasteiger partial charge in [0.2, 0.25) is 26.6 Å². The van der Waals surface area contributed by atoms with Crippen LogP contribution in [0.3, 0.4) is 0 Å². The van der Waals surface area contributed by atoms with Crippen LogP contribution in [0.5, 0.6) is 5.75 Å². The highest BCUT2D eigenvalue weighted by molar-refractivity contribution is 7.91. The zero-order chi connectivity index (χ0) is 20.4. The molecule has 3 aromatic rings. The second-order valence-corrected chi connectivity index (χ2v) is 9.04. The molecule has 0 N–H and O–H groups in total. The number of rotatable bonds is 5. The Bertz CT molecular complexity index is 1100. The normalized spacial score (nSPS) is 14.8. The fourth-order valence-corrected chi connectivity index (χ4v) is 4.89. The Balaban J connectivity index is 1.84. The largest absolute Gasteiger partial charge is 0.497 e. The van der Waals surface area contributed by atoms with Gasteiger partial charge in [-0.1, -0.05) is 18.2 Å². The van der Waals surface area contributed by atoms with E-state index < -0.39 is 9.84 Å². The predicted molar refractivity (Wildman–Crippen MR) is 111 cm³/mol. The summed E-state index contributed by atoms with van der Waals surface area (Å²) in [4.78, 5) is 6.64. The minimum Gasteiger partial charge on any atom is -0.497 e. The lowest BCUT2D eigenvalue weighted by molar-refractivity contribution is 0.414. The fourth-order valence-electron chi connectivity index (χ4n) is 3.56. The summed E-state index contributed by atoms with van der Waals surface area (Å²) >= 11 is 0. The van der Waals surface area contributed by atoms with Gasteiger partial charge < -0.3 is 14.1 Å². The van der Waals surface area contributed by atoms with Crippen molar-refractivity contribution in [3.05, 3.63) is 54.1 Å². The third kappa shape index (κ3) is 3.74. The van der Waals surface area contributed by atoms with E-state index in [-0.39, 0.29) is 9.92 Å². The number of benzene rings is 2. The summed E-state index contributed by atoms with van der Waals surface area (Å²) in [5, 5.41) is -0.0252. The molecular formula is C22H24N2O4S. The van der Waals surface area contributed by atoms with E-state index in [1.807, 2.05) is 36.1 Å². The van der Waals surface area contributed by atoms with Crippen LogP contribution in [0.15, 0.2) is 62.9 Å². The van der Waals surface area contributed by atoms with E-state index in [2.05, 4.69) is 4.98 Å². The van der Waals surface area contributed by atoms with E-state index in [0.29, 0.717) is 17.5 Å². The number of hydrogen-bond acceptors (Lipinski definition) is 6. The smallest absolute Gasteiger partial charge is 0.236 e. The van der Waals surface area contributed by atoms with Crippen molar-refractivity contribution in [3.8, 4) is 17.2 Å². The van der Waals surface area contributed by atoms with Gasteiger partial charge in [0, 0.05) is 18.7 Å². The molecule has 0 aliphatic carbocycles. The van der Waals surface area contributed by atoms with Crippen LogP contribution in [0, 0.1) is 6.92 Å². The van der Waals surface area contributed by atoms with Crippen LogP contribution in [0.4, 0.5) is 5.88 Å². The van der Waals surface area contributed by atoms with Crippen molar-refractivity contribution in [2.75, 3.05) is 25.1 Å². The maximum atomic E-state index is 13.4. The number of nitrogens with zero attached hydrogens (tertiary/aromatic N) is 2. The summed E-state index contributed by atoms with van der Waals surface area (Å²) in [6.07, 6.45) is 3.14. The van der Waals surface area contributed by atoms with Crippen LogP contribution in [0.2, 0.25) is 0 Å². The Hall–Kier alpha value is -2.80. The van der Waals surface area contributed by atoms with Crippen LogP contribution < -0.4 is 9.64 Å². The van der Waals surface area contributed by atoms with Gasteiger partial charge in [-0.25, -0.2) is 8.42 Å². The molecule has 152 valence electrons. The topological polar surface area (TPSA) is 72.6 Å². The molecule has 1 saturated heterocycles. The van der Waals surface area contributed by atoms with Crippen molar-refractivity contribution in [1.29, 1.82) is 0 Å². The molecule has 29 heavy (non-hydrogen) atoms. The molecule has 0 bridgehead atoms. The first kappa shape index (κ1) is 19.5. The van der Waals surface area contributed by atoms with Gasteiger partial charge in [0.1, 0.15) is 5.75 Å². The highest BCUT2D eigenvalue weighted by Crippen LogP contribution is 2.36. The number of piperidine rings is 1. The number of ether oxygens (including phenoxy) is 1. The van der Waals surface area contributed by atoms with Crippen molar-refractivity contribution in [1.82, 2.24) is 4.98 Å². The average molecular weight is 413 g/mol. The van der Waals surface area contributed by atoms with Crippen LogP contribution in [-0.4, -0.2) is 33.6 Å². The van der Waals surface area contributed by atoms with E-state index in [9.17, 15) is 8.42 Å². The maximum absolute atomic E-state index is 13.4. The van der Waals surface area contributed by atoms with Gasteiger partial charge in [-0.15, -0.1) is 0 Å². The SMILES string of the molecule is COc1ccc(S(=O)(=O)c2nc(-c3ccccc3C)oc2N2CCCCC2)cc1. The van der Waals surface area contributed by atoms with Gasteiger partial charge in [0.15, 0.2) is 0 Å². The molecule has 1 aromatic heterocycles. The van der Waals surface area contributed by atoms with Gasteiger partial charge in [0.05, 0.1) is 12.0 Å². The van der Waals surface area contributed by atoms with Crippen LogP contribution in [-0.2, 0) is 9.84 Å². The number of aromatic nitrogens is 1. The Labute approximate surface area is 171 Å². The molecule has 0 atom stereocenters. The zero-order valence-corrected chi connectivity index (χ0v) is 17.4. The molecular weight excluding hydrogens is 388 g/mol. The third-order valence-electron chi connectivity index (χ3n) is 5.22. The molecule has 2 aromatic carbocycles. The van der Waals surface area contributed by atoms with E-state index in [1.165, 1.54) is 12.1 Å². The molecule has 0 saturated carbocycles. The van der Waals surface area contributed by atoms with E-state index >= 15 is 0 Å². The average Bonchev–Trinajstić information content (AvgIpc) is 3.21. The van der Waals surface area contributed by atoms with Crippen molar-refractivity contribution in [2.45, 2.75) is 36.1 Å². The molecule has 7 heteroatoms. The van der Waals surface area contributed by atoms with Crippen LogP contribution >= 0.6 is 0 Å². The molecule has 4 rings (SSSR count). The summed E-state index contributed by atoms with van der Waals surface area (Å²) in [7, 11) is -2.30. The van der Waals surface area contributed by atoms with Crippen molar-refractivity contribution < 1.29 is 17.6 Å². The molecule has 1 aliphatic rings. The first-order valence-corrected chi connectivity index (χ1v) is 11.2. The summed E-state index contributed by atoms with van der Waals surface area (Å²) in [5.74, 6) is 1.26. The molecule has 2 heterocycles. The monoisotopic (exact) mass is 412 g/mol. The van der Waals surface area contributed by atoms with Crippen molar-refractivity contribution in [3.63, 3.8) is 0 Å². The zero-order valence-electron chi connectivity index (χ0n) is 16.6. The third-order valence-corrected chi connectivity index (χ3v) is 6.89. The van der Waals surface area contributed by atoms with E-state index in [0.717, 1.165) is 43.5 Å². The second kappa shape index (κ2) is 7.91. The Morgan fingerprint density at radius 1 is 1.00 bits per heavy atom. The van der Waals surface area contributed by atoms with Crippen molar-refractivity contribution in [2.24, 2.45) is 0 Å². The molecule has 0 amide bonds. The molecule has 1 aliphatic heterocycles. The highest BCUT2D eigenvalue weighted by Gasteiger charge is 2.32. The second-order valence-electron chi connectivity index (χ2n) is 7.17. The number of hydrogen-bond donors (Lipinski definition) is 0. The summed E-state index contributed by atoms with van der Waals surface area (Å²) in [6, 6.07) is 14.0. The first-order valence-electron chi connectivity index (χ1n) is 9.71. The lowest BCUT2D eigenvalue weighted by atomic mass is 10.1. The Kier molecular flexibility index (Phi) is 5.32. The lowest BCUT2D eigenvalue weighted by Gasteiger charge is -2.26.